The molecule has 0 fully saturated rings. The van der Waals surface area contributed by atoms with E-state index in [1.807, 2.05) is 0 Å². The average molecular weight is 234 g/mol. The van der Waals surface area contributed by atoms with Crippen LogP contribution in [0.1, 0.15) is 17.2 Å². The molecule has 0 aliphatic heterocycles. The van der Waals surface area contributed by atoms with Crippen molar-refractivity contribution < 1.29 is 4.42 Å². The molecule has 4 heteroatoms. The summed E-state index contributed by atoms with van der Waals surface area (Å²) in [6.07, 6.45) is 3.21. The van der Waals surface area contributed by atoms with Gasteiger partial charge in [-0.25, -0.2) is 4.98 Å². The number of benzene rings is 1. The van der Waals surface area contributed by atoms with E-state index in [1.54, 1.807) is 12.5 Å². The van der Waals surface area contributed by atoms with Crippen LogP contribution < -0.4 is 5.73 Å². The third-order valence-electron chi connectivity index (χ3n) is 2.30. The maximum absolute atomic E-state index is 6.07. The summed E-state index contributed by atoms with van der Waals surface area (Å²) in [6.45, 7) is 2.07. The van der Waals surface area contributed by atoms with Crippen molar-refractivity contribution in [2.24, 2.45) is 5.73 Å². The van der Waals surface area contributed by atoms with Crippen molar-refractivity contribution in [2.75, 3.05) is 5.75 Å². The van der Waals surface area contributed by atoms with E-state index in [4.69, 9.17) is 10.2 Å². The van der Waals surface area contributed by atoms with Crippen LogP contribution in [0.15, 0.2) is 46.4 Å². The van der Waals surface area contributed by atoms with Crippen LogP contribution in [0.5, 0.6) is 0 Å². The SMILES string of the molecule is Cc1ccc(C(N)CSc2ncco2)cc1. The number of thioether (sulfide) groups is 1. The molecule has 2 rings (SSSR count). The van der Waals surface area contributed by atoms with E-state index in [9.17, 15) is 0 Å². The molecular weight excluding hydrogens is 220 g/mol. The zero-order valence-electron chi connectivity index (χ0n) is 9.09. The van der Waals surface area contributed by atoms with Crippen molar-refractivity contribution in [1.29, 1.82) is 0 Å². The molecule has 84 valence electrons. The molecule has 1 aromatic carbocycles. The van der Waals surface area contributed by atoms with Crippen molar-refractivity contribution in [3.05, 3.63) is 47.9 Å². The van der Waals surface area contributed by atoms with Gasteiger partial charge in [0.2, 0.25) is 0 Å². The van der Waals surface area contributed by atoms with Gasteiger partial charge in [0.1, 0.15) is 6.26 Å². The molecule has 1 heterocycles. The molecule has 1 unspecified atom stereocenters. The van der Waals surface area contributed by atoms with Gasteiger partial charge >= 0.3 is 0 Å². The molecule has 0 amide bonds. The van der Waals surface area contributed by atoms with Gasteiger partial charge in [-0.15, -0.1) is 0 Å². The lowest BCUT2D eigenvalue weighted by atomic mass is 10.1. The largest absolute Gasteiger partial charge is 0.440 e. The highest BCUT2D eigenvalue weighted by molar-refractivity contribution is 7.99. The zero-order chi connectivity index (χ0) is 11.4. The Morgan fingerprint density at radius 2 is 2.12 bits per heavy atom. The number of rotatable bonds is 4. The van der Waals surface area contributed by atoms with E-state index in [1.165, 1.54) is 17.3 Å². The molecule has 0 bridgehead atoms. The second-order valence-corrected chi connectivity index (χ2v) is 4.60. The van der Waals surface area contributed by atoms with Crippen LogP contribution in [0, 0.1) is 6.92 Å². The molecule has 2 aromatic rings. The van der Waals surface area contributed by atoms with Crippen molar-refractivity contribution in [1.82, 2.24) is 4.98 Å². The van der Waals surface area contributed by atoms with Crippen LogP contribution >= 0.6 is 11.8 Å². The summed E-state index contributed by atoms with van der Waals surface area (Å²) in [4.78, 5) is 4.04. The van der Waals surface area contributed by atoms with Crippen LogP contribution in [-0.2, 0) is 0 Å². The predicted octanol–water partition coefficient (Wildman–Crippen LogP) is 2.78. The van der Waals surface area contributed by atoms with Gasteiger partial charge in [-0.3, -0.25) is 0 Å². The maximum Gasteiger partial charge on any atom is 0.255 e. The van der Waals surface area contributed by atoms with Crippen molar-refractivity contribution >= 4 is 11.8 Å². The van der Waals surface area contributed by atoms with Gasteiger partial charge in [0, 0.05) is 11.8 Å². The monoisotopic (exact) mass is 234 g/mol. The van der Waals surface area contributed by atoms with E-state index in [0.717, 1.165) is 11.3 Å². The summed E-state index contributed by atoms with van der Waals surface area (Å²) in [5.74, 6) is 0.767. The lowest BCUT2D eigenvalue weighted by molar-refractivity contribution is 0.454. The van der Waals surface area contributed by atoms with Crippen molar-refractivity contribution in [3.8, 4) is 0 Å². The number of aromatic nitrogens is 1. The van der Waals surface area contributed by atoms with Crippen LogP contribution in [0.25, 0.3) is 0 Å². The zero-order valence-corrected chi connectivity index (χ0v) is 9.91. The molecule has 0 radical (unpaired) electrons. The molecule has 0 aliphatic carbocycles. The number of nitrogens with two attached hydrogens (primary N) is 1. The lowest BCUT2D eigenvalue weighted by Gasteiger charge is -2.10. The van der Waals surface area contributed by atoms with Gasteiger partial charge in [0.15, 0.2) is 0 Å². The molecule has 16 heavy (non-hydrogen) atoms. The fourth-order valence-electron chi connectivity index (χ4n) is 1.35. The second kappa shape index (κ2) is 5.18. The van der Waals surface area contributed by atoms with E-state index < -0.39 is 0 Å². The summed E-state index contributed by atoms with van der Waals surface area (Å²) in [6, 6.07) is 8.29. The summed E-state index contributed by atoms with van der Waals surface area (Å²) >= 11 is 1.53. The molecule has 1 atom stereocenters. The third-order valence-corrected chi connectivity index (χ3v) is 3.28. The number of nitrogens with zero attached hydrogens (tertiary/aromatic N) is 1. The fraction of sp³-hybridized carbons (Fsp3) is 0.250. The summed E-state index contributed by atoms with van der Waals surface area (Å²) in [5.41, 5.74) is 8.46. The molecule has 3 nitrogen and oxygen atoms in total. The minimum absolute atomic E-state index is 0.0116. The molecule has 2 N–H and O–H groups in total. The Morgan fingerprint density at radius 3 is 2.75 bits per heavy atom. The smallest absolute Gasteiger partial charge is 0.255 e. The first-order valence-corrected chi connectivity index (χ1v) is 6.08. The Balaban J connectivity index is 1.93. The molecule has 0 spiro atoms. The molecule has 0 saturated carbocycles. The topological polar surface area (TPSA) is 52.0 Å². The Morgan fingerprint density at radius 1 is 1.38 bits per heavy atom. The van der Waals surface area contributed by atoms with E-state index in [-0.39, 0.29) is 6.04 Å². The maximum atomic E-state index is 6.07. The molecule has 0 saturated heterocycles. The average Bonchev–Trinajstić information content (AvgIpc) is 2.80. The highest BCUT2D eigenvalue weighted by Crippen LogP contribution is 2.21. The Hall–Kier alpha value is -1.26. The van der Waals surface area contributed by atoms with Gasteiger partial charge in [0.05, 0.1) is 6.20 Å². The fourth-order valence-corrected chi connectivity index (χ4v) is 2.13. The first-order chi connectivity index (χ1) is 7.75. The second-order valence-electron chi connectivity index (χ2n) is 3.63. The van der Waals surface area contributed by atoms with Gasteiger partial charge in [-0.2, -0.15) is 0 Å². The van der Waals surface area contributed by atoms with Gasteiger partial charge < -0.3 is 10.2 Å². The third kappa shape index (κ3) is 2.87. The Bertz CT molecular complexity index is 425. The normalized spacial score (nSPS) is 12.6. The quantitative estimate of drug-likeness (QED) is 0.826. The van der Waals surface area contributed by atoms with Crippen LogP contribution in [-0.4, -0.2) is 10.7 Å². The number of hydrogen-bond donors (Lipinski definition) is 1. The van der Waals surface area contributed by atoms with Gasteiger partial charge in [-0.1, -0.05) is 41.6 Å². The van der Waals surface area contributed by atoms with E-state index in [2.05, 4.69) is 36.2 Å². The lowest BCUT2D eigenvalue weighted by Crippen LogP contribution is -2.12. The number of hydrogen-bond acceptors (Lipinski definition) is 4. The first kappa shape index (κ1) is 11.2. The first-order valence-electron chi connectivity index (χ1n) is 5.10. The minimum Gasteiger partial charge on any atom is -0.440 e. The number of aryl methyl sites for hydroxylation is 1. The Kier molecular flexibility index (Phi) is 3.64. The predicted molar refractivity (Wildman–Crippen MR) is 65.3 cm³/mol. The molecule has 0 aliphatic rings. The van der Waals surface area contributed by atoms with Crippen LogP contribution in [0.2, 0.25) is 0 Å². The number of oxazole rings is 1. The van der Waals surface area contributed by atoms with E-state index >= 15 is 0 Å². The van der Waals surface area contributed by atoms with Crippen LogP contribution in [0.3, 0.4) is 0 Å². The minimum atomic E-state index is 0.0116. The van der Waals surface area contributed by atoms with Gasteiger partial charge in [-0.05, 0) is 12.5 Å². The summed E-state index contributed by atoms with van der Waals surface area (Å²) < 4.78 is 5.14. The van der Waals surface area contributed by atoms with E-state index in [0.29, 0.717) is 5.22 Å². The molecular formula is C12H14N2OS. The summed E-state index contributed by atoms with van der Waals surface area (Å²) in [7, 11) is 0. The highest BCUT2D eigenvalue weighted by Gasteiger charge is 2.08. The van der Waals surface area contributed by atoms with Crippen molar-refractivity contribution in [3.63, 3.8) is 0 Å². The Labute approximate surface area is 99.1 Å². The summed E-state index contributed by atoms with van der Waals surface area (Å²) in [5, 5.41) is 0.669. The standard InChI is InChI=1S/C12H14N2OS/c1-9-2-4-10(5-3-9)11(13)8-16-12-14-6-7-15-12/h2-7,11H,8,13H2,1H3. The van der Waals surface area contributed by atoms with Crippen LogP contribution in [0.4, 0.5) is 0 Å². The van der Waals surface area contributed by atoms with Gasteiger partial charge in [0.25, 0.3) is 5.22 Å². The molecule has 1 aromatic heterocycles. The van der Waals surface area contributed by atoms with Crippen molar-refractivity contribution in [2.45, 2.75) is 18.2 Å². The highest BCUT2D eigenvalue weighted by atomic mass is 32.2.